The Morgan fingerprint density at radius 1 is 1.10 bits per heavy atom. The van der Waals surface area contributed by atoms with E-state index in [0.717, 1.165) is 12.0 Å². The van der Waals surface area contributed by atoms with Crippen LogP contribution < -0.4 is 15.4 Å². The van der Waals surface area contributed by atoms with Gasteiger partial charge in [-0.2, -0.15) is 8.78 Å². The number of rotatable bonds is 5. The molecular formula is C21H23F2N3O3. The van der Waals surface area contributed by atoms with Crippen LogP contribution in [0.25, 0.3) is 0 Å². The van der Waals surface area contributed by atoms with Crippen molar-refractivity contribution in [1.82, 2.24) is 4.90 Å². The van der Waals surface area contributed by atoms with E-state index in [4.69, 9.17) is 0 Å². The number of likely N-dealkylation sites (tertiary alicyclic amines) is 1. The predicted molar refractivity (Wildman–Crippen MR) is 106 cm³/mol. The first-order valence-electron chi connectivity index (χ1n) is 9.39. The average Bonchev–Trinajstić information content (AvgIpc) is 2.69. The van der Waals surface area contributed by atoms with Crippen LogP contribution in [0.1, 0.15) is 18.4 Å². The molecule has 0 bridgehead atoms. The highest BCUT2D eigenvalue weighted by Crippen LogP contribution is 2.22. The van der Waals surface area contributed by atoms with Crippen molar-refractivity contribution >= 4 is 23.3 Å². The van der Waals surface area contributed by atoms with Crippen molar-refractivity contribution < 1.29 is 23.1 Å². The van der Waals surface area contributed by atoms with Gasteiger partial charge in [0.05, 0.1) is 5.92 Å². The minimum atomic E-state index is -2.89. The Hall–Kier alpha value is -3.16. The van der Waals surface area contributed by atoms with Crippen molar-refractivity contribution in [1.29, 1.82) is 0 Å². The molecule has 2 aromatic rings. The molecule has 1 aliphatic rings. The summed E-state index contributed by atoms with van der Waals surface area (Å²) in [5, 5.41) is 5.63. The number of hydrogen-bond acceptors (Lipinski definition) is 3. The fourth-order valence-electron chi connectivity index (χ4n) is 3.26. The van der Waals surface area contributed by atoms with Gasteiger partial charge in [0.15, 0.2) is 0 Å². The van der Waals surface area contributed by atoms with Crippen molar-refractivity contribution in [3.63, 3.8) is 0 Å². The predicted octanol–water partition coefficient (Wildman–Crippen LogP) is 4.48. The molecule has 154 valence electrons. The third-order valence-corrected chi connectivity index (χ3v) is 4.70. The van der Waals surface area contributed by atoms with Crippen LogP contribution in [0.5, 0.6) is 5.75 Å². The lowest BCUT2D eigenvalue weighted by Crippen LogP contribution is -2.45. The third kappa shape index (κ3) is 5.91. The fraction of sp³-hybridized carbons (Fsp3) is 0.333. The van der Waals surface area contributed by atoms with Gasteiger partial charge in [0.1, 0.15) is 5.75 Å². The highest BCUT2D eigenvalue weighted by Gasteiger charge is 2.28. The molecule has 1 unspecified atom stereocenters. The summed E-state index contributed by atoms with van der Waals surface area (Å²) in [6.07, 6.45) is 1.40. The van der Waals surface area contributed by atoms with E-state index in [1.54, 1.807) is 4.90 Å². The van der Waals surface area contributed by atoms with Gasteiger partial charge in [0, 0.05) is 24.5 Å². The van der Waals surface area contributed by atoms with Crippen molar-refractivity contribution in [2.75, 3.05) is 23.7 Å². The Kier molecular flexibility index (Phi) is 6.64. The summed E-state index contributed by atoms with van der Waals surface area (Å²) < 4.78 is 28.7. The van der Waals surface area contributed by atoms with Crippen molar-refractivity contribution in [2.24, 2.45) is 5.92 Å². The monoisotopic (exact) mass is 403 g/mol. The summed E-state index contributed by atoms with van der Waals surface area (Å²) in [6.45, 7) is -0.0464. The van der Waals surface area contributed by atoms with Crippen LogP contribution in [-0.2, 0) is 4.79 Å². The standard InChI is InChI=1S/C21H23F2N3O3/c1-14-4-2-6-17(12-14)25-21(28)26-11-3-5-15(13-26)19(27)24-16-7-9-18(10-8-16)29-20(22)23/h2,4,6-10,12,15,20H,3,5,11,13H2,1H3,(H,24,27)(H,25,28). The summed E-state index contributed by atoms with van der Waals surface area (Å²) >= 11 is 0. The van der Waals surface area contributed by atoms with Gasteiger partial charge in [-0.3, -0.25) is 4.79 Å². The Morgan fingerprint density at radius 2 is 1.86 bits per heavy atom. The number of alkyl halides is 2. The zero-order valence-electron chi connectivity index (χ0n) is 16.0. The molecule has 3 rings (SSSR count). The zero-order chi connectivity index (χ0) is 20.8. The molecule has 1 aliphatic heterocycles. The molecule has 3 amide bonds. The van der Waals surface area contributed by atoms with Crippen LogP contribution in [0.3, 0.4) is 0 Å². The maximum Gasteiger partial charge on any atom is 0.387 e. The zero-order valence-corrected chi connectivity index (χ0v) is 16.0. The Labute approximate surface area is 167 Å². The van der Waals surface area contributed by atoms with Gasteiger partial charge >= 0.3 is 12.6 Å². The number of nitrogens with zero attached hydrogens (tertiary/aromatic N) is 1. The Bertz CT molecular complexity index is 859. The molecule has 0 saturated carbocycles. The van der Waals surface area contributed by atoms with Crippen LogP contribution in [0.15, 0.2) is 48.5 Å². The maximum absolute atomic E-state index is 12.6. The molecule has 29 heavy (non-hydrogen) atoms. The minimum Gasteiger partial charge on any atom is -0.435 e. The third-order valence-electron chi connectivity index (χ3n) is 4.70. The lowest BCUT2D eigenvalue weighted by molar-refractivity contribution is -0.121. The smallest absolute Gasteiger partial charge is 0.387 e. The number of nitrogens with one attached hydrogen (secondary N) is 2. The van der Waals surface area contributed by atoms with E-state index in [9.17, 15) is 18.4 Å². The summed E-state index contributed by atoms with van der Waals surface area (Å²) in [5.74, 6) is -0.528. The summed E-state index contributed by atoms with van der Waals surface area (Å²) in [5.41, 5.74) is 2.24. The van der Waals surface area contributed by atoms with Gasteiger partial charge in [0.25, 0.3) is 0 Å². The van der Waals surface area contributed by atoms with E-state index in [0.29, 0.717) is 30.9 Å². The highest BCUT2D eigenvalue weighted by atomic mass is 19.3. The van der Waals surface area contributed by atoms with Gasteiger partial charge in [-0.1, -0.05) is 12.1 Å². The second-order valence-corrected chi connectivity index (χ2v) is 6.98. The van der Waals surface area contributed by atoms with Gasteiger partial charge in [-0.25, -0.2) is 4.79 Å². The second kappa shape index (κ2) is 9.36. The number of benzene rings is 2. The number of anilines is 2. The van der Waals surface area contributed by atoms with E-state index < -0.39 is 6.61 Å². The maximum atomic E-state index is 12.6. The first-order chi connectivity index (χ1) is 13.9. The molecule has 1 atom stereocenters. The summed E-state index contributed by atoms with van der Waals surface area (Å²) in [6, 6.07) is 13.0. The number of urea groups is 1. The molecule has 1 saturated heterocycles. The molecule has 0 radical (unpaired) electrons. The van der Waals surface area contributed by atoms with Crippen LogP contribution in [0.2, 0.25) is 0 Å². The number of amides is 3. The number of hydrogen-bond donors (Lipinski definition) is 2. The lowest BCUT2D eigenvalue weighted by Gasteiger charge is -2.32. The van der Waals surface area contributed by atoms with Crippen molar-refractivity contribution in [3.8, 4) is 5.75 Å². The molecular weight excluding hydrogens is 380 g/mol. The molecule has 2 N–H and O–H groups in total. The number of piperidine rings is 1. The van der Waals surface area contributed by atoms with E-state index in [-0.39, 0.29) is 23.6 Å². The molecule has 0 spiro atoms. The summed E-state index contributed by atoms with van der Waals surface area (Å²) in [7, 11) is 0. The minimum absolute atomic E-state index is 0.0228. The molecule has 1 heterocycles. The molecule has 1 fully saturated rings. The van der Waals surface area contributed by atoms with E-state index >= 15 is 0 Å². The van der Waals surface area contributed by atoms with E-state index in [2.05, 4.69) is 15.4 Å². The van der Waals surface area contributed by atoms with Crippen LogP contribution in [0.4, 0.5) is 25.0 Å². The number of carbonyl (C=O) groups is 2. The highest BCUT2D eigenvalue weighted by molar-refractivity contribution is 5.94. The van der Waals surface area contributed by atoms with Gasteiger partial charge in [-0.15, -0.1) is 0 Å². The number of halogens is 2. The van der Waals surface area contributed by atoms with Crippen molar-refractivity contribution in [3.05, 3.63) is 54.1 Å². The van der Waals surface area contributed by atoms with Gasteiger partial charge in [0.2, 0.25) is 5.91 Å². The fourth-order valence-corrected chi connectivity index (χ4v) is 3.26. The van der Waals surface area contributed by atoms with Crippen LogP contribution in [-0.4, -0.2) is 36.5 Å². The SMILES string of the molecule is Cc1cccc(NC(=O)N2CCCC(C(=O)Nc3ccc(OC(F)F)cc3)C2)c1. The Morgan fingerprint density at radius 3 is 2.55 bits per heavy atom. The first kappa shape index (κ1) is 20.6. The largest absolute Gasteiger partial charge is 0.435 e. The molecule has 0 aliphatic carbocycles. The van der Waals surface area contributed by atoms with Crippen LogP contribution in [0, 0.1) is 12.8 Å². The van der Waals surface area contributed by atoms with E-state index in [1.807, 2.05) is 31.2 Å². The molecule has 8 heteroatoms. The molecule has 2 aromatic carbocycles. The van der Waals surface area contributed by atoms with Crippen molar-refractivity contribution in [2.45, 2.75) is 26.4 Å². The normalized spacial score (nSPS) is 16.4. The molecule has 6 nitrogen and oxygen atoms in total. The van der Waals surface area contributed by atoms with Gasteiger partial charge < -0.3 is 20.3 Å². The molecule has 0 aromatic heterocycles. The van der Waals surface area contributed by atoms with E-state index in [1.165, 1.54) is 24.3 Å². The summed E-state index contributed by atoms with van der Waals surface area (Å²) in [4.78, 5) is 26.8. The number of aryl methyl sites for hydroxylation is 1. The lowest BCUT2D eigenvalue weighted by atomic mass is 9.97. The van der Waals surface area contributed by atoms with Crippen LogP contribution >= 0.6 is 0 Å². The second-order valence-electron chi connectivity index (χ2n) is 6.98. The number of ether oxygens (including phenoxy) is 1. The van der Waals surface area contributed by atoms with Gasteiger partial charge in [-0.05, 0) is 61.7 Å². The topological polar surface area (TPSA) is 70.7 Å². The average molecular weight is 403 g/mol. The Balaban J connectivity index is 1.55. The quantitative estimate of drug-likeness (QED) is 0.773. The first-order valence-corrected chi connectivity index (χ1v) is 9.39. The number of carbonyl (C=O) groups excluding carboxylic acids is 2.